The molecule has 4 heteroatoms. The van der Waals surface area contributed by atoms with Crippen molar-refractivity contribution in [2.45, 2.75) is 65.8 Å². The van der Waals surface area contributed by atoms with E-state index in [1.807, 2.05) is 19.3 Å². The van der Waals surface area contributed by atoms with Crippen molar-refractivity contribution in [3.8, 4) is 0 Å². The Hall–Kier alpha value is -1.16. The van der Waals surface area contributed by atoms with Gasteiger partial charge in [-0.15, -0.1) is 0 Å². The third-order valence-electron chi connectivity index (χ3n) is 6.89. The fraction of sp³-hybridized carbons (Fsp3) is 0.800. The molecule has 1 aromatic heterocycles. The zero-order chi connectivity index (χ0) is 17.2. The Bertz CT molecular complexity index is 515. The molecule has 2 unspecified atom stereocenters. The summed E-state index contributed by atoms with van der Waals surface area (Å²) in [5, 5.41) is 0. The van der Waals surface area contributed by atoms with Gasteiger partial charge in [-0.05, 0) is 43.1 Å². The third-order valence-corrected chi connectivity index (χ3v) is 6.89. The first kappa shape index (κ1) is 17.7. The van der Waals surface area contributed by atoms with Crippen LogP contribution in [0.5, 0.6) is 0 Å². The molecule has 3 rings (SSSR count). The van der Waals surface area contributed by atoms with Crippen LogP contribution >= 0.6 is 0 Å². The molecule has 0 radical (unpaired) electrons. The summed E-state index contributed by atoms with van der Waals surface area (Å²) < 4.78 is 0. The second-order valence-electron chi connectivity index (χ2n) is 8.11. The molecule has 0 amide bonds. The van der Waals surface area contributed by atoms with Crippen molar-refractivity contribution in [1.82, 2.24) is 14.9 Å². The molecule has 134 valence electrons. The quantitative estimate of drug-likeness (QED) is 0.819. The fourth-order valence-corrected chi connectivity index (χ4v) is 4.59. The molecule has 1 saturated heterocycles. The number of piperazine rings is 1. The summed E-state index contributed by atoms with van der Waals surface area (Å²) in [5.74, 6) is 1.81. The standard InChI is InChI=1S/C20H34N4/c1-5-20(4,6-2)17-7-8-18(13-17)23-9-11-24(12-10-23)19-21-14-16(3)15-22-19/h14-15,17-18H,5-13H2,1-4H3. The van der Waals surface area contributed by atoms with E-state index in [4.69, 9.17) is 0 Å². The highest BCUT2D eigenvalue weighted by molar-refractivity contribution is 5.30. The Morgan fingerprint density at radius 1 is 1.04 bits per heavy atom. The molecule has 1 aliphatic carbocycles. The van der Waals surface area contributed by atoms with Gasteiger partial charge in [-0.1, -0.05) is 33.6 Å². The molecule has 1 aromatic rings. The summed E-state index contributed by atoms with van der Waals surface area (Å²) in [6.45, 7) is 13.7. The van der Waals surface area contributed by atoms with Gasteiger partial charge in [0.2, 0.25) is 5.95 Å². The van der Waals surface area contributed by atoms with E-state index < -0.39 is 0 Å². The van der Waals surface area contributed by atoms with Gasteiger partial charge in [-0.25, -0.2) is 9.97 Å². The largest absolute Gasteiger partial charge is 0.338 e. The zero-order valence-electron chi connectivity index (χ0n) is 16.0. The minimum absolute atomic E-state index is 0.548. The maximum absolute atomic E-state index is 4.49. The first-order valence-electron chi connectivity index (χ1n) is 9.83. The lowest BCUT2D eigenvalue weighted by Gasteiger charge is -2.39. The highest BCUT2D eigenvalue weighted by Crippen LogP contribution is 2.45. The van der Waals surface area contributed by atoms with Gasteiger partial charge in [0.15, 0.2) is 0 Å². The lowest BCUT2D eigenvalue weighted by molar-refractivity contribution is 0.142. The number of rotatable bonds is 5. The third kappa shape index (κ3) is 3.58. The van der Waals surface area contributed by atoms with Crippen molar-refractivity contribution in [3.63, 3.8) is 0 Å². The highest BCUT2D eigenvalue weighted by Gasteiger charge is 2.39. The van der Waals surface area contributed by atoms with E-state index in [0.717, 1.165) is 49.7 Å². The smallest absolute Gasteiger partial charge is 0.225 e. The minimum atomic E-state index is 0.548. The number of anilines is 1. The molecule has 0 spiro atoms. The van der Waals surface area contributed by atoms with Gasteiger partial charge in [0, 0.05) is 44.6 Å². The number of aryl methyl sites for hydroxylation is 1. The summed E-state index contributed by atoms with van der Waals surface area (Å²) in [5.41, 5.74) is 1.68. The van der Waals surface area contributed by atoms with Crippen LogP contribution in [0.3, 0.4) is 0 Å². The molecule has 0 N–H and O–H groups in total. The topological polar surface area (TPSA) is 32.3 Å². The van der Waals surface area contributed by atoms with Gasteiger partial charge in [0.1, 0.15) is 0 Å². The van der Waals surface area contributed by atoms with Gasteiger partial charge in [-0.2, -0.15) is 0 Å². The molecule has 2 aliphatic rings. The average Bonchev–Trinajstić information content (AvgIpc) is 3.13. The monoisotopic (exact) mass is 330 g/mol. The van der Waals surface area contributed by atoms with E-state index in [1.165, 1.54) is 32.1 Å². The second kappa shape index (κ2) is 7.38. The molecule has 0 bridgehead atoms. The van der Waals surface area contributed by atoms with Crippen molar-refractivity contribution in [2.24, 2.45) is 11.3 Å². The number of aromatic nitrogens is 2. The molecule has 2 fully saturated rings. The Morgan fingerprint density at radius 3 is 2.25 bits per heavy atom. The van der Waals surface area contributed by atoms with Gasteiger partial charge < -0.3 is 4.90 Å². The summed E-state index contributed by atoms with van der Waals surface area (Å²) in [6, 6.07) is 0.800. The molecule has 24 heavy (non-hydrogen) atoms. The number of hydrogen-bond acceptors (Lipinski definition) is 4. The van der Waals surface area contributed by atoms with E-state index in [-0.39, 0.29) is 0 Å². The van der Waals surface area contributed by atoms with Crippen LogP contribution < -0.4 is 4.90 Å². The lowest BCUT2D eigenvalue weighted by atomic mass is 9.72. The number of hydrogen-bond donors (Lipinski definition) is 0. The second-order valence-corrected chi connectivity index (χ2v) is 8.11. The van der Waals surface area contributed by atoms with Crippen molar-refractivity contribution >= 4 is 5.95 Å². The Morgan fingerprint density at radius 2 is 1.67 bits per heavy atom. The van der Waals surface area contributed by atoms with Crippen LogP contribution in [0.2, 0.25) is 0 Å². The zero-order valence-corrected chi connectivity index (χ0v) is 16.0. The van der Waals surface area contributed by atoms with Crippen LogP contribution in [0, 0.1) is 18.3 Å². The van der Waals surface area contributed by atoms with Crippen molar-refractivity contribution < 1.29 is 0 Å². The van der Waals surface area contributed by atoms with Crippen LogP contribution in [0.1, 0.15) is 58.4 Å². The van der Waals surface area contributed by atoms with E-state index >= 15 is 0 Å². The van der Waals surface area contributed by atoms with Crippen molar-refractivity contribution in [1.29, 1.82) is 0 Å². The minimum Gasteiger partial charge on any atom is -0.338 e. The first-order valence-corrected chi connectivity index (χ1v) is 9.83. The van der Waals surface area contributed by atoms with Crippen molar-refractivity contribution in [2.75, 3.05) is 31.1 Å². The predicted octanol–water partition coefficient (Wildman–Crippen LogP) is 3.90. The number of nitrogens with zero attached hydrogens (tertiary/aromatic N) is 4. The first-order chi connectivity index (χ1) is 11.6. The van der Waals surface area contributed by atoms with E-state index in [0.29, 0.717) is 5.41 Å². The Balaban J connectivity index is 1.53. The van der Waals surface area contributed by atoms with Crippen molar-refractivity contribution in [3.05, 3.63) is 18.0 Å². The van der Waals surface area contributed by atoms with Crippen LogP contribution in [0.25, 0.3) is 0 Å². The molecule has 0 aromatic carbocycles. The van der Waals surface area contributed by atoms with E-state index in [1.54, 1.807) is 0 Å². The summed E-state index contributed by atoms with van der Waals surface area (Å²) in [4.78, 5) is 14.0. The molecular weight excluding hydrogens is 296 g/mol. The lowest BCUT2D eigenvalue weighted by Crippen LogP contribution is -2.50. The molecule has 2 atom stereocenters. The maximum Gasteiger partial charge on any atom is 0.225 e. The molecule has 4 nitrogen and oxygen atoms in total. The van der Waals surface area contributed by atoms with E-state index in [9.17, 15) is 0 Å². The highest BCUT2D eigenvalue weighted by atomic mass is 15.3. The summed E-state index contributed by atoms with van der Waals surface area (Å²) in [7, 11) is 0. The van der Waals surface area contributed by atoms with Crippen LogP contribution in [-0.4, -0.2) is 47.1 Å². The Kier molecular flexibility index (Phi) is 5.43. The SMILES string of the molecule is CCC(C)(CC)C1CCC(N2CCN(c3ncc(C)cn3)CC2)C1. The van der Waals surface area contributed by atoms with Gasteiger partial charge in [-0.3, -0.25) is 4.90 Å². The van der Waals surface area contributed by atoms with Gasteiger partial charge in [0.05, 0.1) is 0 Å². The maximum atomic E-state index is 4.49. The van der Waals surface area contributed by atoms with Crippen LogP contribution in [0.4, 0.5) is 5.95 Å². The Labute approximate surface area is 147 Å². The predicted molar refractivity (Wildman–Crippen MR) is 100 cm³/mol. The normalized spacial score (nSPS) is 26.1. The van der Waals surface area contributed by atoms with Gasteiger partial charge in [0.25, 0.3) is 0 Å². The van der Waals surface area contributed by atoms with Gasteiger partial charge >= 0.3 is 0 Å². The van der Waals surface area contributed by atoms with Crippen LogP contribution in [-0.2, 0) is 0 Å². The molecular formula is C20H34N4. The average molecular weight is 331 g/mol. The fourth-order valence-electron chi connectivity index (χ4n) is 4.59. The summed E-state index contributed by atoms with van der Waals surface area (Å²) in [6.07, 6.45) is 10.7. The molecule has 1 saturated carbocycles. The van der Waals surface area contributed by atoms with Crippen LogP contribution in [0.15, 0.2) is 12.4 Å². The van der Waals surface area contributed by atoms with E-state index in [2.05, 4.69) is 40.5 Å². The molecule has 2 heterocycles. The molecule has 1 aliphatic heterocycles. The summed E-state index contributed by atoms with van der Waals surface area (Å²) >= 11 is 0.